The van der Waals surface area contributed by atoms with Crippen LogP contribution in [0.3, 0.4) is 0 Å². The van der Waals surface area contributed by atoms with Gasteiger partial charge in [-0.3, -0.25) is 4.79 Å². The molecule has 116 valence electrons. The van der Waals surface area contributed by atoms with Crippen LogP contribution in [-0.2, 0) is 16.1 Å². The first-order valence-corrected chi connectivity index (χ1v) is 6.99. The molecule has 1 fully saturated rings. The number of carbonyl (C=O) groups excluding carboxylic acids is 1. The molecule has 0 bridgehead atoms. The van der Waals surface area contributed by atoms with Crippen LogP contribution in [0.2, 0.25) is 0 Å². The second-order valence-electron chi connectivity index (χ2n) is 5.87. The van der Waals surface area contributed by atoms with E-state index in [0.29, 0.717) is 24.7 Å². The summed E-state index contributed by atoms with van der Waals surface area (Å²) in [7, 11) is 1.69. The molecule has 6 nitrogen and oxygen atoms in total. The average Bonchev–Trinajstić information content (AvgIpc) is 2.79. The van der Waals surface area contributed by atoms with Crippen molar-refractivity contribution in [2.45, 2.75) is 33.2 Å². The summed E-state index contributed by atoms with van der Waals surface area (Å²) in [6.07, 6.45) is 1.67. The number of aryl methyl sites for hydroxylation is 1. The summed E-state index contributed by atoms with van der Waals surface area (Å²) in [5.41, 5.74) is -0.373. The lowest BCUT2D eigenvalue weighted by molar-refractivity contribution is -0.148. The van der Waals surface area contributed by atoms with E-state index in [1.165, 1.54) is 6.07 Å². The molecule has 0 aromatic carbocycles. The summed E-state index contributed by atoms with van der Waals surface area (Å²) in [5.74, 6) is -0.205. The van der Waals surface area contributed by atoms with E-state index in [1.54, 1.807) is 18.9 Å². The minimum Gasteiger partial charge on any atom is -0.478 e. The van der Waals surface area contributed by atoms with Gasteiger partial charge in [-0.15, -0.1) is 0 Å². The standard InChI is InChI=1S/C15H21NO5/c1-10-12(13(17)18)7-11(21-10)8-16(3)14(19)15(2)5-4-6-20-9-15/h7H,4-6,8-9H2,1-3H3,(H,17,18). The Labute approximate surface area is 123 Å². The van der Waals surface area contributed by atoms with E-state index in [2.05, 4.69) is 0 Å². The number of ether oxygens (including phenoxy) is 1. The molecule has 1 atom stereocenters. The molecule has 2 rings (SSSR count). The number of hydrogen-bond acceptors (Lipinski definition) is 4. The van der Waals surface area contributed by atoms with E-state index >= 15 is 0 Å². The third-order valence-electron chi connectivity index (χ3n) is 3.89. The van der Waals surface area contributed by atoms with Gasteiger partial charge in [0.1, 0.15) is 17.1 Å². The van der Waals surface area contributed by atoms with Gasteiger partial charge >= 0.3 is 5.97 Å². The predicted octanol–water partition coefficient (Wildman–Crippen LogP) is 2.06. The first-order valence-electron chi connectivity index (χ1n) is 6.99. The van der Waals surface area contributed by atoms with Crippen LogP contribution in [0.4, 0.5) is 0 Å². The van der Waals surface area contributed by atoms with Gasteiger partial charge in [0.15, 0.2) is 0 Å². The summed E-state index contributed by atoms with van der Waals surface area (Å²) >= 11 is 0. The fourth-order valence-electron chi connectivity index (χ4n) is 2.70. The van der Waals surface area contributed by atoms with Gasteiger partial charge in [0.25, 0.3) is 0 Å². The van der Waals surface area contributed by atoms with Crippen molar-refractivity contribution in [3.05, 3.63) is 23.2 Å². The maximum Gasteiger partial charge on any atom is 0.339 e. The number of amides is 1. The normalized spacial score (nSPS) is 22.0. The van der Waals surface area contributed by atoms with Crippen molar-refractivity contribution in [2.75, 3.05) is 20.3 Å². The molecule has 21 heavy (non-hydrogen) atoms. The Kier molecular flexibility index (Phi) is 4.37. The maximum atomic E-state index is 12.5. The van der Waals surface area contributed by atoms with E-state index in [0.717, 1.165) is 12.8 Å². The molecule has 0 spiro atoms. The van der Waals surface area contributed by atoms with E-state index < -0.39 is 11.4 Å². The smallest absolute Gasteiger partial charge is 0.339 e. The molecule has 1 aromatic rings. The van der Waals surface area contributed by atoms with Gasteiger partial charge in [0.2, 0.25) is 5.91 Å². The molecule has 1 N–H and O–H groups in total. The monoisotopic (exact) mass is 295 g/mol. The number of furan rings is 1. The Morgan fingerprint density at radius 1 is 1.48 bits per heavy atom. The van der Waals surface area contributed by atoms with Gasteiger partial charge in [0, 0.05) is 13.7 Å². The topological polar surface area (TPSA) is 80.0 Å². The molecule has 0 saturated carbocycles. The third-order valence-corrected chi connectivity index (χ3v) is 3.89. The highest BCUT2D eigenvalue weighted by molar-refractivity contribution is 5.88. The van der Waals surface area contributed by atoms with Crippen molar-refractivity contribution in [2.24, 2.45) is 5.41 Å². The molecule has 1 aliphatic rings. The van der Waals surface area contributed by atoms with E-state index in [4.69, 9.17) is 14.3 Å². The van der Waals surface area contributed by atoms with Crippen LogP contribution in [-0.4, -0.2) is 42.1 Å². The summed E-state index contributed by atoms with van der Waals surface area (Å²) in [5, 5.41) is 9.01. The largest absolute Gasteiger partial charge is 0.478 e. The van der Waals surface area contributed by atoms with Crippen LogP contribution >= 0.6 is 0 Å². The molecule has 1 aliphatic heterocycles. The number of rotatable bonds is 4. The highest BCUT2D eigenvalue weighted by Crippen LogP contribution is 2.30. The Hall–Kier alpha value is -1.82. The van der Waals surface area contributed by atoms with Crippen molar-refractivity contribution in [1.29, 1.82) is 0 Å². The summed E-state index contributed by atoms with van der Waals surface area (Å²) in [4.78, 5) is 25.1. The highest BCUT2D eigenvalue weighted by Gasteiger charge is 2.37. The number of carboxylic acid groups (broad SMARTS) is 1. The van der Waals surface area contributed by atoms with Gasteiger partial charge in [-0.2, -0.15) is 0 Å². The molecule has 0 aliphatic carbocycles. The van der Waals surface area contributed by atoms with Crippen molar-refractivity contribution in [3.8, 4) is 0 Å². The van der Waals surface area contributed by atoms with Crippen LogP contribution in [0.25, 0.3) is 0 Å². The number of carboxylic acids is 1. The van der Waals surface area contributed by atoms with Gasteiger partial charge < -0.3 is 19.2 Å². The first-order chi connectivity index (χ1) is 9.83. The van der Waals surface area contributed by atoms with E-state index in [1.807, 2.05) is 6.92 Å². The van der Waals surface area contributed by atoms with Gasteiger partial charge in [-0.25, -0.2) is 4.79 Å². The van der Waals surface area contributed by atoms with Crippen molar-refractivity contribution in [3.63, 3.8) is 0 Å². The van der Waals surface area contributed by atoms with Crippen LogP contribution in [0.15, 0.2) is 10.5 Å². The lowest BCUT2D eigenvalue weighted by atomic mass is 9.83. The molecule has 1 amide bonds. The van der Waals surface area contributed by atoms with Crippen LogP contribution in [0.1, 0.15) is 41.6 Å². The Balaban J connectivity index is 2.07. The first kappa shape index (κ1) is 15.6. The predicted molar refractivity (Wildman–Crippen MR) is 75.0 cm³/mol. The molecule has 1 saturated heterocycles. The lowest BCUT2D eigenvalue weighted by Gasteiger charge is -2.35. The fourth-order valence-corrected chi connectivity index (χ4v) is 2.70. The van der Waals surface area contributed by atoms with Crippen molar-refractivity contribution >= 4 is 11.9 Å². The zero-order valence-corrected chi connectivity index (χ0v) is 12.6. The SMILES string of the molecule is Cc1oc(CN(C)C(=O)C2(C)CCCOC2)cc1C(=O)O. The second-order valence-corrected chi connectivity index (χ2v) is 5.87. The Morgan fingerprint density at radius 3 is 2.71 bits per heavy atom. The van der Waals surface area contributed by atoms with Gasteiger partial charge in [0.05, 0.1) is 18.6 Å². The van der Waals surface area contributed by atoms with Crippen molar-refractivity contribution in [1.82, 2.24) is 4.90 Å². The van der Waals surface area contributed by atoms with Crippen LogP contribution in [0, 0.1) is 12.3 Å². The maximum absolute atomic E-state index is 12.5. The molecular formula is C15H21NO5. The molecular weight excluding hydrogens is 274 g/mol. The van der Waals surface area contributed by atoms with E-state index in [9.17, 15) is 9.59 Å². The quantitative estimate of drug-likeness (QED) is 0.919. The Bertz CT molecular complexity index is 542. The lowest BCUT2D eigenvalue weighted by Crippen LogP contribution is -2.44. The average molecular weight is 295 g/mol. The second kappa shape index (κ2) is 5.89. The zero-order chi connectivity index (χ0) is 15.6. The van der Waals surface area contributed by atoms with E-state index in [-0.39, 0.29) is 18.0 Å². The summed E-state index contributed by atoms with van der Waals surface area (Å²) < 4.78 is 10.8. The number of aromatic carboxylic acids is 1. The number of hydrogen-bond donors (Lipinski definition) is 1. The molecule has 1 unspecified atom stereocenters. The molecule has 1 aromatic heterocycles. The number of nitrogens with zero attached hydrogens (tertiary/aromatic N) is 1. The zero-order valence-electron chi connectivity index (χ0n) is 12.6. The molecule has 6 heteroatoms. The van der Waals surface area contributed by atoms with Gasteiger partial charge in [-0.05, 0) is 32.8 Å². The summed E-state index contributed by atoms with van der Waals surface area (Å²) in [6, 6.07) is 1.47. The van der Waals surface area contributed by atoms with Crippen LogP contribution < -0.4 is 0 Å². The Morgan fingerprint density at radius 2 is 2.19 bits per heavy atom. The minimum absolute atomic E-state index is 0.00636. The highest BCUT2D eigenvalue weighted by atomic mass is 16.5. The van der Waals surface area contributed by atoms with Crippen molar-refractivity contribution < 1.29 is 23.8 Å². The fraction of sp³-hybridized carbons (Fsp3) is 0.600. The molecule has 2 heterocycles. The third kappa shape index (κ3) is 3.26. The minimum atomic E-state index is -1.02. The summed E-state index contributed by atoms with van der Waals surface area (Å²) in [6.45, 7) is 4.88. The molecule has 0 radical (unpaired) electrons. The van der Waals surface area contributed by atoms with Crippen LogP contribution in [0.5, 0.6) is 0 Å². The number of carbonyl (C=O) groups is 2. The van der Waals surface area contributed by atoms with Gasteiger partial charge in [-0.1, -0.05) is 0 Å².